The van der Waals surface area contributed by atoms with Crippen LogP contribution < -0.4 is 5.32 Å². The van der Waals surface area contributed by atoms with Gasteiger partial charge in [0.2, 0.25) is 5.91 Å². The normalized spacial score (nSPS) is 21.4. The monoisotopic (exact) mass is 321 g/mol. The van der Waals surface area contributed by atoms with E-state index in [9.17, 15) is 9.59 Å². The summed E-state index contributed by atoms with van der Waals surface area (Å²) in [5.74, 6) is -0.513. The summed E-state index contributed by atoms with van der Waals surface area (Å²) >= 11 is 1.56. The topological polar surface area (TPSA) is 66.4 Å². The Balaban J connectivity index is 1.77. The van der Waals surface area contributed by atoms with E-state index in [1.807, 2.05) is 13.8 Å². The van der Waals surface area contributed by atoms with Gasteiger partial charge in [0, 0.05) is 10.9 Å². The number of carboxylic acids is 1. The fourth-order valence-electron chi connectivity index (χ4n) is 2.76. The van der Waals surface area contributed by atoms with Crippen molar-refractivity contribution in [2.75, 3.05) is 5.75 Å². The first-order valence-corrected chi connectivity index (χ1v) is 8.66. The van der Waals surface area contributed by atoms with Crippen LogP contribution in [0.2, 0.25) is 0 Å². The predicted octanol–water partition coefficient (Wildman–Crippen LogP) is 3.16. The number of benzene rings is 1. The van der Waals surface area contributed by atoms with Crippen LogP contribution in [0.1, 0.15) is 36.8 Å². The Bertz CT molecular complexity index is 551. The molecule has 2 rings (SSSR count). The fourth-order valence-corrected chi connectivity index (χ4v) is 3.70. The van der Waals surface area contributed by atoms with E-state index in [-0.39, 0.29) is 17.9 Å². The summed E-state index contributed by atoms with van der Waals surface area (Å²) in [6.07, 6.45) is 2.84. The van der Waals surface area contributed by atoms with Gasteiger partial charge in [-0.2, -0.15) is 0 Å². The van der Waals surface area contributed by atoms with Gasteiger partial charge in [0.25, 0.3) is 0 Å². The Hall–Kier alpha value is -1.49. The summed E-state index contributed by atoms with van der Waals surface area (Å²) in [5.41, 5.74) is 2.38. The van der Waals surface area contributed by atoms with Gasteiger partial charge in [0.1, 0.15) is 0 Å². The largest absolute Gasteiger partial charge is 0.481 e. The first kappa shape index (κ1) is 16.9. The first-order valence-electron chi connectivity index (χ1n) is 7.68. The molecule has 0 heterocycles. The smallest absolute Gasteiger partial charge is 0.306 e. The van der Waals surface area contributed by atoms with Crippen LogP contribution >= 0.6 is 11.8 Å². The summed E-state index contributed by atoms with van der Waals surface area (Å²) in [5, 5.41) is 12.0. The van der Waals surface area contributed by atoms with Crippen LogP contribution in [0.3, 0.4) is 0 Å². The van der Waals surface area contributed by atoms with E-state index in [4.69, 9.17) is 5.11 Å². The molecule has 1 aliphatic rings. The van der Waals surface area contributed by atoms with Crippen LogP contribution in [0.15, 0.2) is 23.1 Å². The van der Waals surface area contributed by atoms with Crippen molar-refractivity contribution in [1.29, 1.82) is 0 Å². The van der Waals surface area contributed by atoms with Crippen molar-refractivity contribution in [3.63, 3.8) is 0 Å². The molecule has 2 N–H and O–H groups in total. The van der Waals surface area contributed by atoms with Gasteiger partial charge in [-0.3, -0.25) is 9.59 Å². The number of thioether (sulfide) groups is 1. The highest BCUT2D eigenvalue weighted by atomic mass is 32.2. The van der Waals surface area contributed by atoms with Gasteiger partial charge in [-0.15, -0.1) is 11.8 Å². The second-order valence-corrected chi connectivity index (χ2v) is 7.03. The zero-order valence-corrected chi connectivity index (χ0v) is 13.9. The molecule has 0 saturated heterocycles. The molecule has 0 atom stereocenters. The first-order chi connectivity index (χ1) is 10.5. The van der Waals surface area contributed by atoms with Gasteiger partial charge < -0.3 is 10.4 Å². The highest BCUT2D eigenvalue weighted by Crippen LogP contribution is 2.26. The molecule has 0 aliphatic heterocycles. The number of carbonyl (C=O) groups is 2. The second-order valence-electron chi connectivity index (χ2n) is 6.01. The van der Waals surface area contributed by atoms with Crippen molar-refractivity contribution in [3.8, 4) is 0 Å². The fraction of sp³-hybridized carbons (Fsp3) is 0.529. The van der Waals surface area contributed by atoms with E-state index in [0.717, 1.165) is 17.7 Å². The maximum absolute atomic E-state index is 12.0. The Kier molecular flexibility index (Phi) is 5.89. The Morgan fingerprint density at radius 2 is 1.91 bits per heavy atom. The lowest BCUT2D eigenvalue weighted by Crippen LogP contribution is -2.39. The van der Waals surface area contributed by atoms with Gasteiger partial charge in [0.15, 0.2) is 0 Å². The van der Waals surface area contributed by atoms with E-state index in [1.54, 1.807) is 11.8 Å². The molecule has 1 aromatic rings. The maximum Gasteiger partial charge on any atom is 0.306 e. The van der Waals surface area contributed by atoms with E-state index in [2.05, 4.69) is 23.5 Å². The van der Waals surface area contributed by atoms with E-state index in [1.165, 1.54) is 11.1 Å². The Labute approximate surface area is 135 Å². The number of nitrogens with one attached hydrogen (secondary N) is 1. The molecular weight excluding hydrogens is 298 g/mol. The standard InChI is InChI=1S/C17H23NO3S/c1-11-3-4-12(2)15(9-11)22-10-16(19)18-14-7-5-13(6-8-14)17(20)21/h3-4,9,13-14H,5-8,10H2,1-2H3,(H,18,19)(H,20,21). The van der Waals surface area contributed by atoms with Crippen LogP contribution in [-0.2, 0) is 9.59 Å². The molecule has 5 heteroatoms. The average Bonchev–Trinajstić information content (AvgIpc) is 2.49. The summed E-state index contributed by atoms with van der Waals surface area (Å²) in [4.78, 5) is 24.1. The molecule has 1 aromatic carbocycles. The lowest BCUT2D eigenvalue weighted by molar-refractivity contribution is -0.142. The number of carboxylic acid groups (broad SMARTS) is 1. The average molecular weight is 321 g/mol. The van der Waals surface area contributed by atoms with Gasteiger partial charge >= 0.3 is 5.97 Å². The third-order valence-corrected chi connectivity index (χ3v) is 5.30. The van der Waals surface area contributed by atoms with Gasteiger partial charge in [-0.05, 0) is 51.2 Å². The minimum atomic E-state index is -0.713. The molecule has 4 nitrogen and oxygen atoms in total. The quantitative estimate of drug-likeness (QED) is 0.818. The summed E-state index contributed by atoms with van der Waals surface area (Å²) in [6, 6.07) is 6.37. The molecule has 0 unspecified atom stereocenters. The van der Waals surface area contributed by atoms with Crippen molar-refractivity contribution in [2.24, 2.45) is 5.92 Å². The lowest BCUT2D eigenvalue weighted by atomic mass is 9.86. The number of hydrogen-bond acceptors (Lipinski definition) is 3. The van der Waals surface area contributed by atoms with Crippen molar-refractivity contribution in [1.82, 2.24) is 5.32 Å². The summed E-state index contributed by atoms with van der Waals surface area (Å²) < 4.78 is 0. The molecule has 1 saturated carbocycles. The highest BCUT2D eigenvalue weighted by molar-refractivity contribution is 8.00. The lowest BCUT2D eigenvalue weighted by Gasteiger charge is -2.26. The molecule has 1 fully saturated rings. The Morgan fingerprint density at radius 1 is 1.23 bits per heavy atom. The van der Waals surface area contributed by atoms with Crippen molar-refractivity contribution in [3.05, 3.63) is 29.3 Å². The highest BCUT2D eigenvalue weighted by Gasteiger charge is 2.26. The second kappa shape index (κ2) is 7.68. The third kappa shape index (κ3) is 4.77. The van der Waals surface area contributed by atoms with E-state index >= 15 is 0 Å². The molecule has 1 aliphatic carbocycles. The van der Waals surface area contributed by atoms with Gasteiger partial charge in [-0.1, -0.05) is 17.7 Å². The zero-order chi connectivity index (χ0) is 16.1. The van der Waals surface area contributed by atoms with E-state index in [0.29, 0.717) is 18.6 Å². The number of rotatable bonds is 5. The van der Waals surface area contributed by atoms with Crippen molar-refractivity contribution < 1.29 is 14.7 Å². The third-order valence-electron chi connectivity index (χ3n) is 4.14. The molecule has 1 amide bonds. The zero-order valence-electron chi connectivity index (χ0n) is 13.1. The van der Waals surface area contributed by atoms with Crippen LogP contribution in [0.4, 0.5) is 0 Å². The number of carbonyl (C=O) groups excluding carboxylic acids is 1. The van der Waals surface area contributed by atoms with Crippen LogP contribution in [0.5, 0.6) is 0 Å². The van der Waals surface area contributed by atoms with Crippen LogP contribution in [0, 0.1) is 19.8 Å². The number of hydrogen-bond donors (Lipinski definition) is 2. The van der Waals surface area contributed by atoms with Gasteiger partial charge in [-0.25, -0.2) is 0 Å². The molecule has 22 heavy (non-hydrogen) atoms. The minimum absolute atomic E-state index is 0.0321. The molecular formula is C17H23NO3S. The van der Waals surface area contributed by atoms with E-state index < -0.39 is 5.97 Å². The van der Waals surface area contributed by atoms with Crippen molar-refractivity contribution in [2.45, 2.75) is 50.5 Å². The predicted molar refractivity (Wildman–Crippen MR) is 88.2 cm³/mol. The Morgan fingerprint density at radius 3 is 2.55 bits per heavy atom. The van der Waals surface area contributed by atoms with Crippen molar-refractivity contribution >= 4 is 23.6 Å². The number of aliphatic carboxylic acids is 1. The summed E-state index contributed by atoms with van der Waals surface area (Å²) in [6.45, 7) is 4.09. The van der Waals surface area contributed by atoms with Gasteiger partial charge in [0.05, 0.1) is 11.7 Å². The SMILES string of the molecule is Cc1ccc(C)c(SCC(=O)NC2CCC(C(=O)O)CC2)c1. The molecule has 0 bridgehead atoms. The summed E-state index contributed by atoms with van der Waals surface area (Å²) in [7, 11) is 0. The maximum atomic E-state index is 12.0. The van der Waals surface area contributed by atoms with Crippen LogP contribution in [-0.4, -0.2) is 28.8 Å². The number of aryl methyl sites for hydroxylation is 2. The molecule has 0 spiro atoms. The molecule has 0 radical (unpaired) electrons. The minimum Gasteiger partial charge on any atom is -0.481 e. The van der Waals surface area contributed by atoms with Crippen LogP contribution in [0.25, 0.3) is 0 Å². The number of amides is 1. The molecule has 0 aromatic heterocycles. The molecule has 120 valence electrons.